The number of para-hydroxylation sites is 3. The molecule has 1 unspecified atom stereocenters. The predicted molar refractivity (Wildman–Crippen MR) is 83.8 cm³/mol. The third-order valence-corrected chi connectivity index (χ3v) is 3.17. The summed E-state index contributed by atoms with van der Waals surface area (Å²) >= 11 is 0. The number of hydrogen-bond donors (Lipinski definition) is 1. The summed E-state index contributed by atoms with van der Waals surface area (Å²) in [6.45, 7) is 1.45. The number of aliphatic carboxylic acids is 1. The van der Waals surface area contributed by atoms with Gasteiger partial charge in [0, 0.05) is 11.6 Å². The average Bonchev–Trinajstić information content (AvgIpc) is 2.56. The molecule has 3 aromatic rings. The fourth-order valence-electron chi connectivity index (χ4n) is 1.98. The Balaban J connectivity index is 1.88. The summed E-state index contributed by atoms with van der Waals surface area (Å²) in [6.07, 6.45) is 0.679. The number of carboxylic acid groups (broad SMARTS) is 1. The Hall–Kier alpha value is -3.15. The number of ether oxygens (including phenoxy) is 2. The van der Waals surface area contributed by atoms with E-state index in [0.29, 0.717) is 11.5 Å². The van der Waals surface area contributed by atoms with Crippen molar-refractivity contribution in [2.75, 3.05) is 0 Å². The molecule has 1 aromatic heterocycles. The minimum absolute atomic E-state index is 0.169. The molecule has 23 heavy (non-hydrogen) atoms. The first-order valence-corrected chi connectivity index (χ1v) is 7.01. The van der Waals surface area contributed by atoms with Crippen molar-refractivity contribution in [3.8, 4) is 17.5 Å². The van der Waals surface area contributed by atoms with Gasteiger partial charge in [-0.25, -0.2) is 9.78 Å². The zero-order valence-corrected chi connectivity index (χ0v) is 12.3. The second-order valence-electron chi connectivity index (χ2n) is 4.86. The third kappa shape index (κ3) is 3.37. The van der Waals surface area contributed by atoms with Crippen LogP contribution in [0.3, 0.4) is 0 Å². The van der Waals surface area contributed by atoms with Gasteiger partial charge < -0.3 is 14.6 Å². The molecule has 0 amide bonds. The highest BCUT2D eigenvalue weighted by Crippen LogP contribution is 2.31. The number of rotatable bonds is 5. The van der Waals surface area contributed by atoms with Crippen LogP contribution in [0, 0.1) is 0 Å². The molecule has 0 spiro atoms. The van der Waals surface area contributed by atoms with E-state index in [1.165, 1.54) is 6.92 Å². The van der Waals surface area contributed by atoms with Gasteiger partial charge in [-0.1, -0.05) is 30.3 Å². The third-order valence-electron chi connectivity index (χ3n) is 3.17. The fraction of sp³-hybridized carbons (Fsp3) is 0.118. The van der Waals surface area contributed by atoms with Crippen LogP contribution in [-0.4, -0.2) is 27.1 Å². The zero-order valence-electron chi connectivity index (χ0n) is 12.3. The first-order valence-electron chi connectivity index (χ1n) is 7.01. The van der Waals surface area contributed by atoms with Crippen LogP contribution in [0.2, 0.25) is 0 Å². The van der Waals surface area contributed by atoms with Crippen molar-refractivity contribution in [3.63, 3.8) is 0 Å². The summed E-state index contributed by atoms with van der Waals surface area (Å²) in [6, 6.07) is 14.5. The molecule has 0 aliphatic carbocycles. The van der Waals surface area contributed by atoms with E-state index >= 15 is 0 Å². The second-order valence-corrected chi connectivity index (χ2v) is 4.86. The van der Waals surface area contributed by atoms with Gasteiger partial charge in [-0.2, -0.15) is 4.98 Å². The lowest BCUT2D eigenvalue weighted by atomic mass is 10.2. The van der Waals surface area contributed by atoms with Gasteiger partial charge >= 0.3 is 12.0 Å². The van der Waals surface area contributed by atoms with Gasteiger partial charge in [-0.15, -0.1) is 0 Å². The molecule has 0 aliphatic rings. The van der Waals surface area contributed by atoms with Gasteiger partial charge in [-0.05, 0) is 25.1 Å². The van der Waals surface area contributed by atoms with E-state index in [1.807, 2.05) is 24.3 Å². The van der Waals surface area contributed by atoms with Crippen molar-refractivity contribution in [1.29, 1.82) is 0 Å². The number of aromatic nitrogens is 2. The number of carbonyl (C=O) groups is 1. The molecule has 3 rings (SSSR count). The topological polar surface area (TPSA) is 81.5 Å². The lowest BCUT2D eigenvalue weighted by Crippen LogP contribution is -2.23. The van der Waals surface area contributed by atoms with Crippen molar-refractivity contribution in [1.82, 2.24) is 9.97 Å². The quantitative estimate of drug-likeness (QED) is 0.779. The maximum absolute atomic E-state index is 10.9. The number of benzene rings is 2. The van der Waals surface area contributed by atoms with Crippen LogP contribution in [0.4, 0.5) is 0 Å². The summed E-state index contributed by atoms with van der Waals surface area (Å²) < 4.78 is 11.0. The Kier molecular flexibility index (Phi) is 4.05. The maximum atomic E-state index is 10.9. The van der Waals surface area contributed by atoms with Crippen molar-refractivity contribution in [2.45, 2.75) is 13.0 Å². The summed E-state index contributed by atoms with van der Waals surface area (Å²) in [5.41, 5.74) is 0.759. The molecular formula is C17H14N2O4. The molecule has 0 radical (unpaired) electrons. The van der Waals surface area contributed by atoms with Crippen LogP contribution in [0.15, 0.2) is 54.7 Å². The highest BCUT2D eigenvalue weighted by Gasteiger charge is 2.16. The van der Waals surface area contributed by atoms with E-state index < -0.39 is 12.1 Å². The summed E-state index contributed by atoms with van der Waals surface area (Å²) in [7, 11) is 0. The smallest absolute Gasteiger partial charge is 0.344 e. The maximum Gasteiger partial charge on any atom is 0.344 e. The van der Waals surface area contributed by atoms with Crippen LogP contribution >= 0.6 is 0 Å². The zero-order chi connectivity index (χ0) is 16.2. The Morgan fingerprint density at radius 1 is 1.09 bits per heavy atom. The summed E-state index contributed by atoms with van der Waals surface area (Å²) in [5, 5.41) is 9.86. The molecule has 1 N–H and O–H groups in total. The molecule has 1 heterocycles. The van der Waals surface area contributed by atoms with Crippen molar-refractivity contribution in [3.05, 3.63) is 54.7 Å². The molecule has 1 atom stereocenters. The van der Waals surface area contributed by atoms with Gasteiger partial charge in [0.1, 0.15) is 0 Å². The Labute approximate surface area is 132 Å². The molecule has 6 nitrogen and oxygen atoms in total. The van der Waals surface area contributed by atoms with Crippen LogP contribution in [0.1, 0.15) is 6.92 Å². The highest BCUT2D eigenvalue weighted by atomic mass is 16.5. The standard InChI is InChI=1S/C17H14N2O4/c1-11(16(20)21)22-14-8-4-5-9-15(14)23-17-18-10-12-6-2-3-7-13(12)19-17/h2-11H,1H3,(H,20,21). The van der Waals surface area contributed by atoms with Crippen molar-refractivity contribution < 1.29 is 19.4 Å². The number of fused-ring (bicyclic) bond motifs is 1. The largest absolute Gasteiger partial charge is 0.479 e. The first kappa shape index (κ1) is 14.8. The molecule has 0 aliphatic heterocycles. The Morgan fingerprint density at radius 3 is 2.57 bits per heavy atom. The second kappa shape index (κ2) is 6.31. The lowest BCUT2D eigenvalue weighted by molar-refractivity contribution is -0.144. The summed E-state index contributed by atoms with van der Waals surface area (Å²) in [4.78, 5) is 19.4. The predicted octanol–water partition coefficient (Wildman–Crippen LogP) is 3.27. The van der Waals surface area contributed by atoms with Crippen LogP contribution in [0.5, 0.6) is 17.5 Å². The van der Waals surface area contributed by atoms with E-state index in [-0.39, 0.29) is 6.01 Å². The summed E-state index contributed by atoms with van der Waals surface area (Å²) in [5.74, 6) is -0.378. The first-order chi connectivity index (χ1) is 11.1. The minimum Gasteiger partial charge on any atom is -0.479 e. The van der Waals surface area contributed by atoms with Gasteiger partial charge in [0.15, 0.2) is 17.6 Å². The number of hydrogen-bond acceptors (Lipinski definition) is 5. The Morgan fingerprint density at radius 2 is 1.78 bits per heavy atom. The molecular weight excluding hydrogens is 296 g/mol. The van der Waals surface area contributed by atoms with Gasteiger partial charge in [0.05, 0.1) is 5.52 Å². The molecule has 0 saturated heterocycles. The van der Waals surface area contributed by atoms with Crippen molar-refractivity contribution in [2.24, 2.45) is 0 Å². The molecule has 6 heteroatoms. The number of carboxylic acids is 1. The van der Waals surface area contributed by atoms with Gasteiger partial charge in [-0.3, -0.25) is 0 Å². The van der Waals surface area contributed by atoms with Crippen LogP contribution < -0.4 is 9.47 Å². The van der Waals surface area contributed by atoms with E-state index in [4.69, 9.17) is 14.6 Å². The molecule has 0 bridgehead atoms. The normalized spacial score (nSPS) is 11.9. The van der Waals surface area contributed by atoms with E-state index in [2.05, 4.69) is 9.97 Å². The molecule has 0 fully saturated rings. The van der Waals surface area contributed by atoms with Gasteiger partial charge in [0.2, 0.25) is 0 Å². The molecule has 2 aromatic carbocycles. The number of nitrogens with zero attached hydrogens (tertiary/aromatic N) is 2. The van der Waals surface area contributed by atoms with Crippen LogP contribution in [-0.2, 0) is 4.79 Å². The van der Waals surface area contributed by atoms with E-state index in [9.17, 15) is 4.79 Å². The monoisotopic (exact) mass is 310 g/mol. The SMILES string of the molecule is CC(Oc1ccccc1Oc1ncc2ccccc2n1)C(=O)O. The van der Waals surface area contributed by atoms with Crippen LogP contribution in [0.25, 0.3) is 10.9 Å². The van der Waals surface area contributed by atoms with Gasteiger partial charge in [0.25, 0.3) is 0 Å². The highest BCUT2D eigenvalue weighted by molar-refractivity contribution is 5.77. The van der Waals surface area contributed by atoms with Crippen molar-refractivity contribution >= 4 is 16.9 Å². The van der Waals surface area contributed by atoms with E-state index in [1.54, 1.807) is 30.5 Å². The lowest BCUT2D eigenvalue weighted by Gasteiger charge is -2.14. The average molecular weight is 310 g/mol. The minimum atomic E-state index is -1.05. The molecule has 116 valence electrons. The Bertz CT molecular complexity index is 851. The fourth-order valence-corrected chi connectivity index (χ4v) is 1.98. The van der Waals surface area contributed by atoms with E-state index in [0.717, 1.165) is 10.9 Å². The molecule has 0 saturated carbocycles.